The Labute approximate surface area is 73.4 Å². The van der Waals surface area contributed by atoms with Gasteiger partial charge < -0.3 is 0 Å². The minimum atomic E-state index is 0.750. The molecule has 0 aromatic rings. The first-order valence-electron chi connectivity index (χ1n) is 4.94. The summed E-state index contributed by atoms with van der Waals surface area (Å²) in [4.78, 5) is 0. The van der Waals surface area contributed by atoms with Crippen molar-refractivity contribution >= 4 is 0 Å². The topological polar surface area (TPSA) is 0 Å². The zero-order valence-electron chi connectivity index (χ0n) is 9.49. The molecule has 0 amide bonds. The van der Waals surface area contributed by atoms with Crippen LogP contribution in [0.1, 0.15) is 61.3 Å². The third-order valence-electron chi connectivity index (χ3n) is 1.25. The Kier molecular flexibility index (Phi) is 8.26. The molecule has 0 radical (unpaired) electrons. The van der Waals surface area contributed by atoms with Crippen molar-refractivity contribution in [3.8, 4) is 0 Å². The molecule has 0 N–H and O–H groups in total. The third kappa shape index (κ3) is 25.6. The van der Waals surface area contributed by atoms with Crippen LogP contribution in [0, 0.1) is 11.3 Å². The highest BCUT2D eigenvalue weighted by Crippen LogP contribution is 2.43. The average molecular weight is 158 g/mol. The van der Waals surface area contributed by atoms with Crippen molar-refractivity contribution in [3.05, 3.63) is 0 Å². The molecule has 1 aliphatic carbocycles. The van der Waals surface area contributed by atoms with E-state index in [0.717, 1.165) is 11.3 Å². The molecule has 0 spiro atoms. The van der Waals surface area contributed by atoms with E-state index in [1.807, 2.05) is 13.8 Å². The lowest BCUT2D eigenvalue weighted by Gasteiger charge is -1.86. The minimum Gasteiger partial charge on any atom is -0.0683 e. The second-order valence-electron chi connectivity index (χ2n) is 4.40. The second-order valence-corrected chi connectivity index (χ2v) is 4.40. The van der Waals surface area contributed by atoms with E-state index in [2.05, 4.69) is 34.6 Å². The second kappa shape index (κ2) is 6.69. The standard InChI is InChI=1S/C5H10.C4H10.C2H6/c1-5(2)3-4-5;1-4(2)3;1-2/h3-4H2,1-2H3;4H,1-3H3;1-2H3. The van der Waals surface area contributed by atoms with Gasteiger partial charge in [0.05, 0.1) is 0 Å². The summed E-state index contributed by atoms with van der Waals surface area (Å²) in [5.41, 5.74) is 0.750. The fourth-order valence-electron chi connectivity index (χ4n) is 0.250. The predicted octanol–water partition coefficient (Wildman–Crippen LogP) is 4.49. The van der Waals surface area contributed by atoms with Gasteiger partial charge >= 0.3 is 0 Å². The number of rotatable bonds is 0. The van der Waals surface area contributed by atoms with E-state index < -0.39 is 0 Å². The molecule has 1 aliphatic rings. The van der Waals surface area contributed by atoms with Crippen molar-refractivity contribution in [1.82, 2.24) is 0 Å². The van der Waals surface area contributed by atoms with Crippen molar-refractivity contribution in [2.24, 2.45) is 11.3 Å². The number of hydrogen-bond donors (Lipinski definition) is 0. The fraction of sp³-hybridized carbons (Fsp3) is 1.00. The van der Waals surface area contributed by atoms with E-state index in [1.54, 1.807) is 0 Å². The van der Waals surface area contributed by atoms with Crippen LogP contribution < -0.4 is 0 Å². The Morgan fingerprint density at radius 1 is 0.909 bits per heavy atom. The van der Waals surface area contributed by atoms with E-state index in [0.29, 0.717) is 0 Å². The van der Waals surface area contributed by atoms with Crippen LogP contribution in [-0.4, -0.2) is 0 Å². The van der Waals surface area contributed by atoms with Crippen LogP contribution in [0.4, 0.5) is 0 Å². The molecule has 1 fully saturated rings. The molecule has 0 bridgehead atoms. The van der Waals surface area contributed by atoms with Gasteiger partial charge in [-0.15, -0.1) is 0 Å². The molecule has 0 unspecified atom stereocenters. The van der Waals surface area contributed by atoms with Crippen LogP contribution in [0.15, 0.2) is 0 Å². The molecule has 0 aromatic heterocycles. The van der Waals surface area contributed by atoms with Gasteiger partial charge in [-0.05, 0) is 24.2 Å². The number of hydrogen-bond acceptors (Lipinski definition) is 0. The zero-order chi connectivity index (χ0) is 9.49. The molecule has 0 atom stereocenters. The zero-order valence-corrected chi connectivity index (χ0v) is 9.49. The molecule has 0 aliphatic heterocycles. The Morgan fingerprint density at radius 3 is 1.00 bits per heavy atom. The summed E-state index contributed by atoms with van der Waals surface area (Å²) in [7, 11) is 0. The first-order chi connectivity index (χ1) is 4.94. The maximum absolute atomic E-state index is 2.30. The van der Waals surface area contributed by atoms with Crippen molar-refractivity contribution in [3.63, 3.8) is 0 Å². The molecule has 0 heteroatoms. The highest BCUT2D eigenvalue weighted by atomic mass is 14.4. The first kappa shape index (κ1) is 13.6. The smallest absolute Gasteiger partial charge is 0.0354 e. The highest BCUT2D eigenvalue weighted by Gasteiger charge is 2.30. The monoisotopic (exact) mass is 158 g/mol. The van der Waals surface area contributed by atoms with E-state index in [-0.39, 0.29) is 0 Å². The third-order valence-corrected chi connectivity index (χ3v) is 1.25. The summed E-state index contributed by atoms with van der Waals surface area (Å²) in [6.07, 6.45) is 2.90. The van der Waals surface area contributed by atoms with Gasteiger partial charge in [-0.1, -0.05) is 48.5 Å². The lowest BCUT2D eigenvalue weighted by Crippen LogP contribution is -1.75. The van der Waals surface area contributed by atoms with Crippen LogP contribution >= 0.6 is 0 Å². The van der Waals surface area contributed by atoms with Gasteiger partial charge in [0.1, 0.15) is 0 Å². The summed E-state index contributed by atoms with van der Waals surface area (Å²) in [6, 6.07) is 0. The molecule has 0 nitrogen and oxygen atoms in total. The molecule has 1 saturated carbocycles. The van der Waals surface area contributed by atoms with E-state index in [4.69, 9.17) is 0 Å². The van der Waals surface area contributed by atoms with Crippen molar-refractivity contribution < 1.29 is 0 Å². The average Bonchev–Trinajstić information content (AvgIpc) is 2.50. The molecule has 0 aromatic carbocycles. The van der Waals surface area contributed by atoms with Crippen LogP contribution in [0.2, 0.25) is 0 Å². The van der Waals surface area contributed by atoms with Crippen LogP contribution in [0.3, 0.4) is 0 Å². The molecule has 1 rings (SSSR count). The predicted molar refractivity (Wildman–Crippen MR) is 54.9 cm³/mol. The Hall–Kier alpha value is 0. The van der Waals surface area contributed by atoms with E-state index >= 15 is 0 Å². The normalized spacial score (nSPS) is 17.5. The lowest BCUT2D eigenvalue weighted by molar-refractivity contribution is 0.653. The van der Waals surface area contributed by atoms with E-state index in [9.17, 15) is 0 Å². The highest BCUT2D eigenvalue weighted by molar-refractivity contribution is 4.82. The molecule has 0 heterocycles. The molecule has 70 valence electrons. The fourth-order valence-corrected chi connectivity index (χ4v) is 0.250. The van der Waals surface area contributed by atoms with Gasteiger partial charge in [-0.25, -0.2) is 0 Å². The maximum atomic E-state index is 2.30. The van der Waals surface area contributed by atoms with Gasteiger partial charge in [0.2, 0.25) is 0 Å². The molecular weight excluding hydrogens is 132 g/mol. The minimum absolute atomic E-state index is 0.750. The van der Waals surface area contributed by atoms with Gasteiger partial charge in [0.25, 0.3) is 0 Å². The van der Waals surface area contributed by atoms with Gasteiger partial charge in [-0.2, -0.15) is 0 Å². The molecule has 0 saturated heterocycles. The van der Waals surface area contributed by atoms with Crippen molar-refractivity contribution in [1.29, 1.82) is 0 Å². The van der Waals surface area contributed by atoms with Crippen LogP contribution in [0.25, 0.3) is 0 Å². The van der Waals surface area contributed by atoms with Gasteiger partial charge in [0.15, 0.2) is 0 Å². The Balaban J connectivity index is 0. The summed E-state index contributed by atoms with van der Waals surface area (Å²) < 4.78 is 0. The van der Waals surface area contributed by atoms with Crippen molar-refractivity contribution in [2.75, 3.05) is 0 Å². The summed E-state index contributed by atoms with van der Waals surface area (Å²) in [5, 5.41) is 0. The largest absolute Gasteiger partial charge is 0.0683 e. The van der Waals surface area contributed by atoms with Gasteiger partial charge in [0, 0.05) is 0 Å². The summed E-state index contributed by atoms with van der Waals surface area (Å²) >= 11 is 0. The first-order valence-corrected chi connectivity index (χ1v) is 4.94. The van der Waals surface area contributed by atoms with Crippen LogP contribution in [0.5, 0.6) is 0 Å². The van der Waals surface area contributed by atoms with Crippen molar-refractivity contribution in [2.45, 2.75) is 61.3 Å². The SMILES string of the molecule is CC.CC(C)C.CC1(C)CC1. The lowest BCUT2D eigenvalue weighted by atomic mass is 10.2. The van der Waals surface area contributed by atoms with Crippen LogP contribution in [-0.2, 0) is 0 Å². The molecular formula is C11H26. The van der Waals surface area contributed by atoms with E-state index in [1.165, 1.54) is 12.8 Å². The van der Waals surface area contributed by atoms with Gasteiger partial charge in [-0.3, -0.25) is 0 Å². The Bertz CT molecular complexity index is 61.4. The summed E-state index contributed by atoms with van der Waals surface area (Å²) in [5.74, 6) is 0.833. The molecule has 11 heavy (non-hydrogen) atoms. The Morgan fingerprint density at radius 2 is 1.00 bits per heavy atom. The maximum Gasteiger partial charge on any atom is -0.0354 e. The quantitative estimate of drug-likeness (QED) is 0.487. The summed E-state index contributed by atoms with van der Waals surface area (Å²) in [6.45, 7) is 15.1.